The first kappa shape index (κ1) is 24.8. The Labute approximate surface area is 222 Å². The molecule has 0 radical (unpaired) electrons. The van der Waals surface area contributed by atoms with Gasteiger partial charge in [-0.3, -0.25) is 10.2 Å². The maximum atomic E-state index is 13.6. The summed E-state index contributed by atoms with van der Waals surface area (Å²) in [6, 6.07) is 35.1. The molecule has 6 nitrogen and oxygen atoms in total. The number of nitrogens with two attached hydrogens (primary N) is 1. The van der Waals surface area contributed by atoms with Crippen LogP contribution in [-0.2, 0) is 13.2 Å². The molecule has 0 aliphatic heterocycles. The second-order valence-corrected chi connectivity index (χ2v) is 9.33. The maximum Gasteiger partial charge on any atom is 0.268 e. The van der Waals surface area contributed by atoms with E-state index in [0.29, 0.717) is 24.4 Å². The van der Waals surface area contributed by atoms with Gasteiger partial charge in [0.25, 0.3) is 5.91 Å². The molecule has 38 heavy (non-hydrogen) atoms. The lowest BCUT2D eigenvalue weighted by Crippen LogP contribution is -2.28. The van der Waals surface area contributed by atoms with Crippen molar-refractivity contribution in [1.29, 1.82) is 5.41 Å². The molecule has 5 aromatic rings. The number of fused-ring (bicyclic) bond motifs is 1. The van der Waals surface area contributed by atoms with Gasteiger partial charge in [0.2, 0.25) is 0 Å². The van der Waals surface area contributed by atoms with Gasteiger partial charge in [-0.2, -0.15) is 0 Å². The molecule has 0 aliphatic carbocycles. The van der Waals surface area contributed by atoms with Crippen molar-refractivity contribution in [3.05, 3.63) is 137 Å². The molecule has 5 rings (SSSR count). The highest BCUT2D eigenvalue weighted by Crippen LogP contribution is 2.27. The Morgan fingerprint density at radius 1 is 0.895 bits per heavy atom. The van der Waals surface area contributed by atoms with Gasteiger partial charge in [-0.05, 0) is 53.9 Å². The van der Waals surface area contributed by atoms with Crippen LogP contribution in [0.2, 0.25) is 0 Å². The van der Waals surface area contributed by atoms with Crippen molar-refractivity contribution in [3.8, 4) is 5.75 Å². The minimum atomic E-state index is -0.160. The molecule has 1 amide bonds. The van der Waals surface area contributed by atoms with Crippen molar-refractivity contribution < 1.29 is 9.53 Å². The third-order valence-electron chi connectivity index (χ3n) is 6.58. The Hall–Kier alpha value is -4.84. The molecule has 0 bridgehead atoms. The third-order valence-corrected chi connectivity index (χ3v) is 6.58. The molecule has 4 N–H and O–H groups in total. The minimum Gasteiger partial charge on any atom is -0.489 e. The largest absolute Gasteiger partial charge is 0.489 e. The van der Waals surface area contributed by atoms with Crippen LogP contribution in [-0.4, -0.2) is 16.3 Å². The molecule has 0 saturated heterocycles. The second-order valence-electron chi connectivity index (χ2n) is 9.33. The predicted octanol–water partition coefficient (Wildman–Crippen LogP) is 6.04. The molecule has 0 saturated carbocycles. The monoisotopic (exact) mass is 502 g/mol. The SMILES string of the molecule is C[C@H](NC(=O)c1cc2cc(OCc3ccccc3)ccc2n1Cc1cccc(C(=N)N)c1)c1ccccc1. The van der Waals surface area contributed by atoms with E-state index in [2.05, 4.69) is 5.32 Å². The zero-order chi connectivity index (χ0) is 26.5. The van der Waals surface area contributed by atoms with E-state index in [0.717, 1.165) is 33.3 Å². The van der Waals surface area contributed by atoms with Crippen molar-refractivity contribution in [3.63, 3.8) is 0 Å². The summed E-state index contributed by atoms with van der Waals surface area (Å²) in [5.41, 5.74) is 10.9. The molecule has 190 valence electrons. The number of hydrogen-bond donors (Lipinski definition) is 3. The van der Waals surface area contributed by atoms with E-state index in [9.17, 15) is 4.79 Å². The van der Waals surface area contributed by atoms with Crippen LogP contribution < -0.4 is 15.8 Å². The highest BCUT2D eigenvalue weighted by Gasteiger charge is 2.19. The van der Waals surface area contributed by atoms with Crippen molar-refractivity contribution in [2.45, 2.75) is 26.1 Å². The van der Waals surface area contributed by atoms with Crippen molar-refractivity contribution in [1.82, 2.24) is 9.88 Å². The normalized spacial score (nSPS) is 11.7. The third kappa shape index (κ3) is 5.60. The average Bonchev–Trinajstić information content (AvgIpc) is 3.30. The zero-order valence-electron chi connectivity index (χ0n) is 21.2. The topological polar surface area (TPSA) is 93.1 Å². The number of benzene rings is 4. The van der Waals surface area contributed by atoms with Gasteiger partial charge >= 0.3 is 0 Å². The number of ether oxygens (including phenoxy) is 1. The summed E-state index contributed by atoms with van der Waals surface area (Å²) in [7, 11) is 0. The second kappa shape index (κ2) is 11.0. The van der Waals surface area contributed by atoms with E-state index < -0.39 is 0 Å². The number of nitrogens with zero attached hydrogens (tertiary/aromatic N) is 1. The number of nitrogens with one attached hydrogen (secondary N) is 2. The summed E-state index contributed by atoms with van der Waals surface area (Å²) in [6.07, 6.45) is 0. The zero-order valence-corrected chi connectivity index (χ0v) is 21.2. The summed E-state index contributed by atoms with van der Waals surface area (Å²) in [5, 5.41) is 11.9. The fourth-order valence-corrected chi connectivity index (χ4v) is 4.55. The van der Waals surface area contributed by atoms with Gasteiger partial charge in [0.05, 0.1) is 6.04 Å². The summed E-state index contributed by atoms with van der Waals surface area (Å²) in [5.74, 6) is 0.591. The highest BCUT2D eigenvalue weighted by atomic mass is 16.5. The van der Waals surface area contributed by atoms with E-state index >= 15 is 0 Å². The van der Waals surface area contributed by atoms with Crippen molar-refractivity contribution in [2.24, 2.45) is 5.73 Å². The van der Waals surface area contributed by atoms with Crippen LogP contribution in [0, 0.1) is 5.41 Å². The molecule has 6 heteroatoms. The Morgan fingerprint density at radius 3 is 2.34 bits per heavy atom. The first-order valence-corrected chi connectivity index (χ1v) is 12.6. The number of rotatable bonds is 9. The lowest BCUT2D eigenvalue weighted by Gasteiger charge is -2.16. The Kier molecular flexibility index (Phi) is 7.22. The summed E-state index contributed by atoms with van der Waals surface area (Å²) in [6.45, 7) is 2.90. The Balaban J connectivity index is 1.48. The summed E-state index contributed by atoms with van der Waals surface area (Å²) in [4.78, 5) is 13.6. The minimum absolute atomic E-state index is 0.0130. The predicted molar refractivity (Wildman–Crippen MR) is 152 cm³/mol. The molecule has 1 atom stereocenters. The quantitative estimate of drug-likeness (QED) is 0.169. The van der Waals surface area contributed by atoms with E-state index in [4.69, 9.17) is 15.9 Å². The number of amides is 1. The van der Waals surface area contributed by atoms with Crippen LogP contribution in [0.3, 0.4) is 0 Å². The van der Waals surface area contributed by atoms with Crippen molar-refractivity contribution in [2.75, 3.05) is 0 Å². The van der Waals surface area contributed by atoms with Gasteiger partial charge in [0.1, 0.15) is 23.9 Å². The fourth-order valence-electron chi connectivity index (χ4n) is 4.55. The fraction of sp³-hybridized carbons (Fsp3) is 0.125. The molecule has 0 fully saturated rings. The number of carbonyl (C=O) groups excluding carboxylic acids is 1. The molecule has 0 spiro atoms. The van der Waals surface area contributed by atoms with Gasteiger partial charge in [-0.1, -0.05) is 78.9 Å². The standard InChI is InChI=1S/C32H30N4O2/c1-22(25-12-6-3-7-13-25)35-32(37)30-19-27-18-28(38-21-23-9-4-2-5-10-23)15-16-29(27)36(30)20-24-11-8-14-26(17-24)31(33)34/h2-19,22H,20-21H2,1H3,(H3,33,34)(H,35,37)/t22-/m0/s1. The van der Waals surface area contributed by atoms with Gasteiger partial charge in [0.15, 0.2) is 0 Å². The molecule has 1 aromatic heterocycles. The number of carbonyl (C=O) groups is 1. The lowest BCUT2D eigenvalue weighted by atomic mass is 10.1. The molecule has 4 aromatic carbocycles. The highest BCUT2D eigenvalue weighted by molar-refractivity contribution is 5.99. The Morgan fingerprint density at radius 2 is 1.61 bits per heavy atom. The van der Waals surface area contributed by atoms with Crippen molar-refractivity contribution >= 4 is 22.6 Å². The summed E-state index contributed by atoms with van der Waals surface area (Å²) < 4.78 is 8.05. The van der Waals surface area contributed by atoms with Crippen LogP contribution >= 0.6 is 0 Å². The van der Waals surface area contributed by atoms with E-state index in [-0.39, 0.29) is 17.8 Å². The number of aromatic nitrogens is 1. The molecular weight excluding hydrogens is 472 g/mol. The first-order chi connectivity index (χ1) is 18.5. The molecule has 0 aliphatic rings. The van der Waals surface area contributed by atoms with Crippen LogP contribution in [0.25, 0.3) is 10.9 Å². The van der Waals surface area contributed by atoms with Crippen LogP contribution in [0.4, 0.5) is 0 Å². The Bertz CT molecular complexity index is 1580. The van der Waals surface area contributed by atoms with E-state index in [1.165, 1.54) is 0 Å². The average molecular weight is 503 g/mol. The smallest absolute Gasteiger partial charge is 0.268 e. The molecule has 0 unspecified atom stereocenters. The van der Waals surface area contributed by atoms with Crippen LogP contribution in [0.5, 0.6) is 5.75 Å². The number of hydrogen-bond acceptors (Lipinski definition) is 3. The van der Waals surface area contributed by atoms with Gasteiger partial charge < -0.3 is 20.4 Å². The van der Waals surface area contributed by atoms with Gasteiger partial charge in [-0.15, -0.1) is 0 Å². The van der Waals surface area contributed by atoms with E-state index in [1.807, 2.05) is 121 Å². The molecule has 1 heterocycles. The number of amidine groups is 1. The summed E-state index contributed by atoms with van der Waals surface area (Å²) >= 11 is 0. The van der Waals surface area contributed by atoms with Crippen LogP contribution in [0.15, 0.2) is 109 Å². The maximum absolute atomic E-state index is 13.6. The number of nitrogen functional groups attached to an aromatic ring is 1. The lowest BCUT2D eigenvalue weighted by molar-refractivity contribution is 0.0931. The van der Waals surface area contributed by atoms with E-state index in [1.54, 1.807) is 0 Å². The first-order valence-electron chi connectivity index (χ1n) is 12.6. The van der Waals surface area contributed by atoms with Gasteiger partial charge in [0, 0.05) is 23.0 Å². The van der Waals surface area contributed by atoms with Crippen LogP contribution in [0.1, 0.15) is 45.7 Å². The molecular formula is C32H30N4O2. The van der Waals surface area contributed by atoms with Gasteiger partial charge in [-0.25, -0.2) is 0 Å².